The molecule has 36 heavy (non-hydrogen) atoms. The van der Waals surface area contributed by atoms with Gasteiger partial charge in [0.2, 0.25) is 5.91 Å². The molecule has 6 aliphatic rings. The molecule has 2 amide bonds. The number of carbonyl (C=O) groups excluding carboxylic acids is 2. The highest BCUT2D eigenvalue weighted by Gasteiger charge is 2.61. The summed E-state index contributed by atoms with van der Waals surface area (Å²) in [6.07, 6.45) is 9.53. The van der Waals surface area contributed by atoms with E-state index in [1.165, 1.54) is 19.3 Å². The number of nitrogens with zero attached hydrogens (tertiary/aromatic N) is 1. The van der Waals surface area contributed by atoms with Crippen molar-refractivity contribution in [2.45, 2.75) is 116 Å². The number of ether oxygens (including phenoxy) is 2. The second-order valence-corrected chi connectivity index (χ2v) is 13.5. The SMILES string of the molecule is CCOC(=O)N1C[C@@H](C)C[C@H]2O[C@]3(CC[C@@H]4C(=C(C)C3)C[C@H]3[C@H]4CC[C@@H]4NC(=O)CC[C@@]43C)[C@H](C)[C@@H]21. The van der Waals surface area contributed by atoms with Gasteiger partial charge >= 0.3 is 6.09 Å². The third-order valence-corrected chi connectivity index (χ3v) is 11.7. The second kappa shape index (κ2) is 8.74. The first-order valence-electron chi connectivity index (χ1n) is 14.8. The van der Waals surface area contributed by atoms with Crippen molar-refractivity contribution in [2.24, 2.45) is 35.0 Å². The van der Waals surface area contributed by atoms with Crippen LogP contribution in [0.5, 0.6) is 0 Å². The van der Waals surface area contributed by atoms with Crippen LogP contribution >= 0.6 is 0 Å². The van der Waals surface area contributed by atoms with Crippen molar-refractivity contribution >= 4 is 12.0 Å². The van der Waals surface area contributed by atoms with Gasteiger partial charge in [0.05, 0.1) is 24.4 Å². The van der Waals surface area contributed by atoms with Gasteiger partial charge in [0, 0.05) is 24.9 Å². The van der Waals surface area contributed by atoms with E-state index in [9.17, 15) is 9.59 Å². The molecular formula is C30H46N2O4. The molecule has 1 spiro atoms. The lowest BCUT2D eigenvalue weighted by atomic mass is 9.57. The molecule has 3 aliphatic heterocycles. The molecule has 6 heteroatoms. The highest BCUT2D eigenvalue weighted by Crippen LogP contribution is 2.62. The van der Waals surface area contributed by atoms with Crippen LogP contribution in [0, 0.1) is 35.0 Å². The monoisotopic (exact) mass is 498 g/mol. The van der Waals surface area contributed by atoms with Crippen molar-refractivity contribution in [2.75, 3.05) is 13.2 Å². The Labute approximate surface area is 216 Å². The maximum Gasteiger partial charge on any atom is 0.410 e. The number of rotatable bonds is 1. The van der Waals surface area contributed by atoms with Gasteiger partial charge in [-0.3, -0.25) is 4.79 Å². The maximum absolute atomic E-state index is 12.9. The predicted molar refractivity (Wildman–Crippen MR) is 138 cm³/mol. The summed E-state index contributed by atoms with van der Waals surface area (Å²) in [4.78, 5) is 27.1. The van der Waals surface area contributed by atoms with Crippen molar-refractivity contribution in [1.29, 1.82) is 0 Å². The number of hydrogen-bond donors (Lipinski definition) is 1. The fourth-order valence-corrected chi connectivity index (χ4v) is 9.92. The standard InChI is InChI=1S/C30H46N2O4/c1-6-35-28(34)32-16-17(2)13-24-27(32)19(4)30(36-24)12-9-20-21-7-8-25-29(5,11-10-26(33)31-25)23(21)14-22(20)18(3)15-30/h17,19-21,23-25,27H,6-16H2,1-5H3,(H,31,33)/t17-,19+,20-,21-,23-,24+,25-,27-,29+,30-/m0/s1. The Hall–Kier alpha value is -1.56. The van der Waals surface area contributed by atoms with Crippen LogP contribution in [0.15, 0.2) is 11.1 Å². The van der Waals surface area contributed by atoms with Gasteiger partial charge in [-0.1, -0.05) is 31.9 Å². The highest BCUT2D eigenvalue weighted by atomic mass is 16.6. The van der Waals surface area contributed by atoms with Crippen molar-refractivity contribution in [1.82, 2.24) is 10.2 Å². The molecule has 0 aromatic heterocycles. The minimum atomic E-state index is -0.180. The Balaban J connectivity index is 1.27. The quantitative estimate of drug-likeness (QED) is 0.488. The Morgan fingerprint density at radius 3 is 2.81 bits per heavy atom. The van der Waals surface area contributed by atoms with Gasteiger partial charge in [-0.05, 0) is 94.3 Å². The molecule has 0 unspecified atom stereocenters. The first kappa shape index (κ1) is 24.8. The molecule has 3 heterocycles. The number of amides is 2. The predicted octanol–water partition coefficient (Wildman–Crippen LogP) is 5.46. The zero-order chi connectivity index (χ0) is 25.4. The first-order valence-corrected chi connectivity index (χ1v) is 14.8. The van der Waals surface area contributed by atoms with Crippen LogP contribution in [-0.4, -0.2) is 53.8 Å². The third-order valence-electron chi connectivity index (χ3n) is 11.7. The molecule has 10 atom stereocenters. The average molecular weight is 499 g/mol. The van der Waals surface area contributed by atoms with Gasteiger partial charge in [0.25, 0.3) is 0 Å². The molecule has 3 saturated heterocycles. The van der Waals surface area contributed by atoms with E-state index in [2.05, 4.69) is 33.0 Å². The minimum absolute atomic E-state index is 0.108. The van der Waals surface area contributed by atoms with Gasteiger partial charge in [-0.15, -0.1) is 0 Å². The molecule has 3 aliphatic carbocycles. The summed E-state index contributed by atoms with van der Waals surface area (Å²) in [6.45, 7) is 12.5. The molecular weight excluding hydrogens is 452 g/mol. The van der Waals surface area contributed by atoms with Crippen LogP contribution in [-0.2, 0) is 14.3 Å². The Bertz CT molecular complexity index is 963. The molecule has 2 saturated carbocycles. The summed E-state index contributed by atoms with van der Waals surface area (Å²) in [5.41, 5.74) is 3.31. The summed E-state index contributed by atoms with van der Waals surface area (Å²) in [5.74, 6) is 3.05. The summed E-state index contributed by atoms with van der Waals surface area (Å²) >= 11 is 0. The Kier molecular flexibility index (Phi) is 6.01. The van der Waals surface area contributed by atoms with Crippen LogP contribution < -0.4 is 5.32 Å². The smallest absolute Gasteiger partial charge is 0.410 e. The number of allylic oxidation sites excluding steroid dienone is 1. The summed E-state index contributed by atoms with van der Waals surface area (Å²) in [7, 11) is 0. The molecule has 6 nitrogen and oxygen atoms in total. The van der Waals surface area contributed by atoms with Crippen LogP contribution in [0.3, 0.4) is 0 Å². The highest BCUT2D eigenvalue weighted by molar-refractivity contribution is 5.77. The lowest BCUT2D eigenvalue weighted by Crippen LogP contribution is -2.57. The van der Waals surface area contributed by atoms with E-state index in [1.807, 2.05) is 11.8 Å². The fourth-order valence-electron chi connectivity index (χ4n) is 9.92. The van der Waals surface area contributed by atoms with Crippen LogP contribution in [0.2, 0.25) is 0 Å². The number of likely N-dealkylation sites (tertiary alicyclic amines) is 1. The van der Waals surface area contributed by atoms with Crippen LogP contribution in [0.4, 0.5) is 4.79 Å². The number of nitrogens with one attached hydrogen (secondary N) is 1. The summed E-state index contributed by atoms with van der Waals surface area (Å²) in [5, 5.41) is 3.36. The largest absolute Gasteiger partial charge is 0.450 e. The van der Waals surface area contributed by atoms with Gasteiger partial charge in [0.15, 0.2) is 0 Å². The topological polar surface area (TPSA) is 67.9 Å². The van der Waals surface area contributed by atoms with Crippen molar-refractivity contribution in [3.8, 4) is 0 Å². The zero-order valence-corrected chi connectivity index (χ0v) is 23.0. The fraction of sp³-hybridized carbons (Fsp3) is 0.867. The normalized spacial score (nSPS) is 48.0. The van der Waals surface area contributed by atoms with Gasteiger partial charge in [-0.2, -0.15) is 0 Å². The van der Waals surface area contributed by atoms with Crippen molar-refractivity contribution < 1.29 is 19.1 Å². The molecule has 0 radical (unpaired) electrons. The lowest BCUT2D eigenvalue weighted by molar-refractivity contribution is -0.130. The second-order valence-electron chi connectivity index (χ2n) is 13.5. The van der Waals surface area contributed by atoms with Gasteiger partial charge in [0.1, 0.15) is 0 Å². The zero-order valence-electron chi connectivity index (χ0n) is 23.0. The van der Waals surface area contributed by atoms with Crippen LogP contribution in [0.1, 0.15) is 92.4 Å². The van der Waals surface area contributed by atoms with Gasteiger partial charge < -0.3 is 19.7 Å². The Morgan fingerprint density at radius 2 is 2.03 bits per heavy atom. The van der Waals surface area contributed by atoms with Crippen molar-refractivity contribution in [3.05, 3.63) is 11.1 Å². The maximum atomic E-state index is 12.9. The molecule has 200 valence electrons. The van der Waals surface area contributed by atoms with Gasteiger partial charge in [-0.25, -0.2) is 4.79 Å². The van der Waals surface area contributed by atoms with E-state index in [0.717, 1.165) is 44.6 Å². The molecule has 0 bridgehead atoms. The van der Waals surface area contributed by atoms with E-state index in [0.29, 0.717) is 42.7 Å². The van der Waals surface area contributed by atoms with E-state index in [4.69, 9.17) is 9.47 Å². The molecule has 5 fully saturated rings. The number of piperidine rings is 2. The summed E-state index contributed by atoms with van der Waals surface area (Å²) in [6, 6.07) is 0.468. The van der Waals surface area contributed by atoms with Crippen molar-refractivity contribution in [3.63, 3.8) is 0 Å². The van der Waals surface area contributed by atoms with Crippen LogP contribution in [0.25, 0.3) is 0 Å². The number of hydrogen-bond acceptors (Lipinski definition) is 4. The van der Waals surface area contributed by atoms with E-state index < -0.39 is 0 Å². The third kappa shape index (κ3) is 3.60. The molecule has 0 aromatic rings. The number of carbonyl (C=O) groups is 2. The number of fused-ring (bicyclic) bond motifs is 6. The minimum Gasteiger partial charge on any atom is -0.450 e. The van der Waals surface area contributed by atoms with E-state index >= 15 is 0 Å². The lowest BCUT2D eigenvalue weighted by Gasteiger charge is -2.52. The van der Waals surface area contributed by atoms with E-state index in [-0.39, 0.29) is 35.2 Å². The average Bonchev–Trinajstić information content (AvgIpc) is 3.29. The molecule has 1 N–H and O–H groups in total. The summed E-state index contributed by atoms with van der Waals surface area (Å²) < 4.78 is 12.6. The first-order chi connectivity index (χ1) is 17.2. The Morgan fingerprint density at radius 1 is 1.22 bits per heavy atom. The molecule has 0 aromatic carbocycles. The van der Waals surface area contributed by atoms with E-state index in [1.54, 1.807) is 11.1 Å². The molecule has 6 rings (SSSR count).